The van der Waals surface area contributed by atoms with Crippen molar-refractivity contribution in [2.75, 3.05) is 6.54 Å². The number of nitrogens with zero attached hydrogens (tertiary/aromatic N) is 1. The minimum absolute atomic E-state index is 0.0200. The molecule has 0 spiro atoms. The number of thioether (sulfide) groups is 1. The van der Waals surface area contributed by atoms with Crippen molar-refractivity contribution in [2.24, 2.45) is 0 Å². The molecule has 1 saturated heterocycles. The zero-order valence-electron chi connectivity index (χ0n) is 15.9. The number of hydrogen-bond donors (Lipinski definition) is 1. The first-order valence-corrected chi connectivity index (χ1v) is 11.3. The molecule has 0 radical (unpaired) electrons. The van der Waals surface area contributed by atoms with E-state index in [9.17, 15) is 9.59 Å². The number of thiocarbonyl (C=S) groups is 1. The molecule has 1 amide bonds. The van der Waals surface area contributed by atoms with E-state index in [1.165, 1.54) is 11.8 Å². The lowest BCUT2D eigenvalue weighted by molar-refractivity contribution is -0.137. The quantitative estimate of drug-likeness (QED) is 0.241. The molecule has 0 atom stereocenters. The van der Waals surface area contributed by atoms with E-state index in [4.69, 9.17) is 28.9 Å². The van der Waals surface area contributed by atoms with Crippen molar-refractivity contribution in [1.29, 1.82) is 0 Å². The summed E-state index contributed by atoms with van der Waals surface area (Å²) in [5, 5.41) is 9.24. The van der Waals surface area contributed by atoms with Gasteiger partial charge in [-0.2, -0.15) is 0 Å². The maximum absolute atomic E-state index is 12.6. The van der Waals surface area contributed by atoms with Crippen LogP contribution in [0.5, 0.6) is 0 Å². The lowest BCUT2D eigenvalue weighted by Crippen LogP contribution is -2.29. The Morgan fingerprint density at radius 1 is 1.11 bits per heavy atom. The molecule has 0 aromatic heterocycles. The monoisotopic (exact) mass is 439 g/mol. The molecule has 1 aliphatic rings. The third-order valence-electron chi connectivity index (χ3n) is 4.54. The van der Waals surface area contributed by atoms with Crippen LogP contribution in [-0.2, 0) is 9.59 Å². The van der Waals surface area contributed by atoms with Gasteiger partial charge in [-0.15, -0.1) is 0 Å². The number of unbranched alkanes of at least 4 members (excludes halogenated alkanes) is 7. The summed E-state index contributed by atoms with van der Waals surface area (Å²) in [5.41, 5.74) is 0.899. The molecule has 2 rings (SSSR count). The number of hydrogen-bond acceptors (Lipinski definition) is 4. The fourth-order valence-electron chi connectivity index (χ4n) is 3.05. The highest BCUT2D eigenvalue weighted by molar-refractivity contribution is 8.26. The highest BCUT2D eigenvalue weighted by atomic mass is 35.5. The van der Waals surface area contributed by atoms with Gasteiger partial charge in [0.1, 0.15) is 4.32 Å². The van der Waals surface area contributed by atoms with Gasteiger partial charge in [-0.1, -0.05) is 86.2 Å². The van der Waals surface area contributed by atoms with Gasteiger partial charge in [0.25, 0.3) is 5.91 Å². The lowest BCUT2D eigenvalue weighted by Gasteiger charge is -2.14. The minimum atomic E-state index is -0.710. The lowest BCUT2D eigenvalue weighted by atomic mass is 10.1. The first kappa shape index (κ1) is 22.9. The zero-order chi connectivity index (χ0) is 20.4. The van der Waals surface area contributed by atoms with Crippen LogP contribution in [0.25, 0.3) is 6.08 Å². The molecule has 0 bridgehead atoms. The molecule has 0 unspecified atom stereocenters. The van der Waals surface area contributed by atoms with Crippen LogP contribution in [0.15, 0.2) is 29.2 Å². The van der Waals surface area contributed by atoms with Crippen molar-refractivity contribution in [3.63, 3.8) is 0 Å². The summed E-state index contributed by atoms with van der Waals surface area (Å²) < 4.78 is 0.622. The Hall–Kier alpha value is -1.37. The van der Waals surface area contributed by atoms with Gasteiger partial charge >= 0.3 is 5.97 Å². The van der Waals surface area contributed by atoms with Crippen LogP contribution in [0, 0.1) is 0 Å². The highest BCUT2D eigenvalue weighted by Crippen LogP contribution is 2.33. The average Bonchev–Trinajstić information content (AvgIpc) is 2.90. The van der Waals surface area contributed by atoms with Gasteiger partial charge < -0.3 is 5.11 Å². The van der Waals surface area contributed by atoms with Crippen LogP contribution in [0.4, 0.5) is 0 Å². The van der Waals surface area contributed by atoms with Crippen molar-refractivity contribution in [2.45, 2.75) is 57.8 Å². The molecule has 0 saturated carbocycles. The fraction of sp³-hybridized carbons (Fsp3) is 0.476. The summed E-state index contributed by atoms with van der Waals surface area (Å²) >= 11 is 12.7. The number of carboxylic acids is 1. The molecule has 7 heteroatoms. The second kappa shape index (κ2) is 12.2. The van der Waals surface area contributed by atoms with E-state index in [-0.39, 0.29) is 12.3 Å². The van der Waals surface area contributed by atoms with Crippen LogP contribution in [0.2, 0.25) is 5.02 Å². The molecule has 28 heavy (non-hydrogen) atoms. The predicted molar refractivity (Wildman–Crippen MR) is 121 cm³/mol. The molecule has 4 nitrogen and oxygen atoms in total. The van der Waals surface area contributed by atoms with E-state index in [2.05, 4.69) is 0 Å². The topological polar surface area (TPSA) is 57.6 Å². The summed E-state index contributed by atoms with van der Waals surface area (Å²) in [6, 6.07) is 7.41. The molecule has 0 aliphatic carbocycles. The molecule has 1 aliphatic heterocycles. The first-order valence-electron chi connectivity index (χ1n) is 9.70. The normalized spacial score (nSPS) is 15.6. The van der Waals surface area contributed by atoms with Crippen molar-refractivity contribution in [3.05, 3.63) is 39.8 Å². The number of carbonyl (C=O) groups excluding carboxylic acids is 1. The Kier molecular flexibility index (Phi) is 10.0. The molecular weight excluding hydrogens is 414 g/mol. The number of rotatable bonds is 12. The fourth-order valence-corrected chi connectivity index (χ4v) is 4.55. The van der Waals surface area contributed by atoms with E-state index in [1.54, 1.807) is 11.0 Å². The van der Waals surface area contributed by atoms with Gasteiger partial charge in [-0.25, -0.2) is 0 Å². The Labute approximate surface area is 181 Å². The Balaban J connectivity index is 1.64. The van der Waals surface area contributed by atoms with Crippen LogP contribution < -0.4 is 0 Å². The van der Waals surface area contributed by atoms with Crippen molar-refractivity contribution in [1.82, 2.24) is 4.90 Å². The van der Waals surface area contributed by atoms with Crippen LogP contribution in [-0.4, -0.2) is 32.7 Å². The number of halogens is 1. The van der Waals surface area contributed by atoms with Gasteiger partial charge in [0.2, 0.25) is 0 Å². The van der Waals surface area contributed by atoms with Gasteiger partial charge in [-0.05, 0) is 36.6 Å². The summed E-state index contributed by atoms with van der Waals surface area (Å²) in [5.74, 6) is -0.730. The molecule has 152 valence electrons. The molecule has 1 heterocycles. The van der Waals surface area contributed by atoms with Gasteiger partial charge in [0, 0.05) is 18.0 Å². The molecule has 1 aromatic carbocycles. The summed E-state index contributed by atoms with van der Waals surface area (Å²) in [4.78, 5) is 25.4. The summed E-state index contributed by atoms with van der Waals surface area (Å²) in [7, 11) is 0. The SMILES string of the molecule is O=C(O)CCCCCCCCCCN1C(=O)C(=Cc2cccc(Cl)c2)SC1=S. The first-order chi connectivity index (χ1) is 13.5. The second-order valence-corrected chi connectivity index (χ2v) is 8.97. The molecule has 1 fully saturated rings. The minimum Gasteiger partial charge on any atom is -0.481 e. The number of amides is 1. The average molecular weight is 440 g/mol. The number of carbonyl (C=O) groups is 2. The smallest absolute Gasteiger partial charge is 0.303 e. The number of carboxylic acid groups (broad SMARTS) is 1. The Bertz CT molecular complexity index is 736. The summed E-state index contributed by atoms with van der Waals surface area (Å²) in [6.07, 6.45) is 10.4. The third kappa shape index (κ3) is 7.94. The third-order valence-corrected chi connectivity index (χ3v) is 6.16. The molecular formula is C21H26ClNO3S2. The van der Waals surface area contributed by atoms with Crippen LogP contribution in [0.3, 0.4) is 0 Å². The van der Waals surface area contributed by atoms with E-state index >= 15 is 0 Å². The van der Waals surface area contributed by atoms with Crippen LogP contribution in [0.1, 0.15) is 63.4 Å². The predicted octanol–water partition coefficient (Wildman–Crippen LogP) is 6.14. The van der Waals surface area contributed by atoms with Crippen molar-refractivity contribution >= 4 is 57.9 Å². The Morgan fingerprint density at radius 3 is 2.39 bits per heavy atom. The van der Waals surface area contributed by atoms with Gasteiger partial charge in [0.15, 0.2) is 0 Å². The largest absolute Gasteiger partial charge is 0.481 e. The van der Waals surface area contributed by atoms with Crippen molar-refractivity contribution in [3.8, 4) is 0 Å². The van der Waals surface area contributed by atoms with E-state index in [0.717, 1.165) is 56.9 Å². The van der Waals surface area contributed by atoms with Crippen molar-refractivity contribution < 1.29 is 14.7 Å². The molecule has 1 aromatic rings. The van der Waals surface area contributed by atoms with E-state index in [0.29, 0.717) is 20.8 Å². The maximum Gasteiger partial charge on any atom is 0.303 e. The van der Waals surface area contributed by atoms with Crippen LogP contribution >= 0.6 is 35.6 Å². The highest BCUT2D eigenvalue weighted by Gasteiger charge is 2.31. The van der Waals surface area contributed by atoms with E-state index in [1.807, 2.05) is 24.3 Å². The van der Waals surface area contributed by atoms with Gasteiger partial charge in [0.05, 0.1) is 4.91 Å². The number of benzene rings is 1. The zero-order valence-corrected chi connectivity index (χ0v) is 18.3. The maximum atomic E-state index is 12.6. The standard InChI is InChI=1S/C21H26ClNO3S2/c22-17-11-9-10-16(14-17)15-18-20(26)23(21(27)28-18)13-8-6-4-2-1-3-5-7-12-19(24)25/h9-11,14-15H,1-8,12-13H2,(H,24,25). The Morgan fingerprint density at radius 2 is 1.75 bits per heavy atom. The summed E-state index contributed by atoms with van der Waals surface area (Å²) in [6.45, 7) is 0.663. The second-order valence-electron chi connectivity index (χ2n) is 6.86. The molecule has 1 N–H and O–H groups in total. The van der Waals surface area contributed by atoms with E-state index < -0.39 is 5.97 Å². The van der Waals surface area contributed by atoms with Gasteiger partial charge in [-0.3, -0.25) is 14.5 Å². The number of aliphatic carboxylic acids is 1.